The van der Waals surface area contributed by atoms with Gasteiger partial charge in [0.1, 0.15) is 10.1 Å². The van der Waals surface area contributed by atoms with Crippen LogP contribution in [-0.2, 0) is 23.0 Å². The van der Waals surface area contributed by atoms with Gasteiger partial charge in [0.05, 0.1) is 4.90 Å². The molecule has 0 spiro atoms. The Morgan fingerprint density at radius 2 is 1.44 bits per heavy atom. The van der Waals surface area contributed by atoms with Gasteiger partial charge in [0.15, 0.2) is 0 Å². The summed E-state index contributed by atoms with van der Waals surface area (Å²) in [6.45, 7) is 4.33. The number of hydrogen-bond acceptors (Lipinski definition) is 3. The average molecular weight is 382 g/mol. The first-order valence-electron chi connectivity index (χ1n) is 9.98. The predicted molar refractivity (Wildman–Crippen MR) is 108 cm³/mol. The molecule has 3 nitrogen and oxygen atoms in total. The van der Waals surface area contributed by atoms with E-state index in [0.717, 1.165) is 61.5 Å². The molecule has 0 bridgehead atoms. The van der Waals surface area contributed by atoms with Crippen molar-refractivity contribution in [2.45, 2.75) is 83.0 Å². The van der Waals surface area contributed by atoms with Gasteiger partial charge in [-0.1, -0.05) is 82.7 Å². The van der Waals surface area contributed by atoms with Crippen LogP contribution in [0, 0.1) is 0 Å². The maximum Gasteiger partial charge on any atom is 1.00 e. The summed E-state index contributed by atoms with van der Waals surface area (Å²) in [5.41, 5.74) is 1.82. The van der Waals surface area contributed by atoms with Crippen molar-refractivity contribution in [3.8, 4) is 0 Å². The molecule has 0 saturated heterocycles. The van der Waals surface area contributed by atoms with E-state index in [1.165, 1.54) is 12.8 Å². The predicted octanol–water partition coefficient (Wildman–Crippen LogP) is 2.99. The van der Waals surface area contributed by atoms with Gasteiger partial charge in [-0.05, 0) is 47.6 Å². The minimum Gasteiger partial charge on any atom is -0.744 e. The molecule has 0 heterocycles. The standard InChI is InChI=1S/C22H32O3S.Li/c1-3-5-7-9-13-18-17-19-14-11-12-16-21(19)22(26(23,24)25)20(18)15-10-8-6-4-2;/h11-12,14,16-17H,3-10,13,15H2,1-2H3,(H,23,24,25);/q;+1/p-1. The second-order valence-corrected chi connectivity index (χ2v) is 8.46. The molecule has 2 aromatic carbocycles. The van der Waals surface area contributed by atoms with Crippen LogP contribution in [0.1, 0.15) is 76.3 Å². The Balaban J connectivity index is 0.00000364. The Morgan fingerprint density at radius 3 is 2.04 bits per heavy atom. The summed E-state index contributed by atoms with van der Waals surface area (Å²) < 4.78 is 36.4. The van der Waals surface area contributed by atoms with E-state index in [-0.39, 0.29) is 23.8 Å². The molecule has 0 aromatic heterocycles. The van der Waals surface area contributed by atoms with Crippen molar-refractivity contribution in [1.82, 2.24) is 0 Å². The van der Waals surface area contributed by atoms with Crippen LogP contribution in [0.3, 0.4) is 0 Å². The van der Waals surface area contributed by atoms with Crippen molar-refractivity contribution in [1.29, 1.82) is 0 Å². The summed E-state index contributed by atoms with van der Waals surface area (Å²) in [4.78, 5) is 0.0255. The van der Waals surface area contributed by atoms with E-state index in [0.29, 0.717) is 11.8 Å². The quantitative estimate of drug-likeness (QED) is 0.341. The van der Waals surface area contributed by atoms with E-state index in [4.69, 9.17) is 0 Å². The van der Waals surface area contributed by atoms with Gasteiger partial charge in [0.2, 0.25) is 0 Å². The average Bonchev–Trinajstić information content (AvgIpc) is 2.61. The molecule has 27 heavy (non-hydrogen) atoms. The first kappa shape index (κ1) is 24.2. The molecule has 144 valence electrons. The van der Waals surface area contributed by atoms with E-state index < -0.39 is 10.1 Å². The van der Waals surface area contributed by atoms with E-state index in [1.807, 2.05) is 12.1 Å². The van der Waals surface area contributed by atoms with Gasteiger partial charge in [0.25, 0.3) is 0 Å². The minimum absolute atomic E-state index is 0. The smallest absolute Gasteiger partial charge is 0.744 e. The van der Waals surface area contributed by atoms with Gasteiger partial charge in [0, 0.05) is 0 Å². The van der Waals surface area contributed by atoms with Gasteiger partial charge in [-0.3, -0.25) is 0 Å². The topological polar surface area (TPSA) is 57.2 Å². The van der Waals surface area contributed by atoms with Gasteiger partial charge in [-0.15, -0.1) is 0 Å². The van der Waals surface area contributed by atoms with Crippen molar-refractivity contribution in [3.05, 3.63) is 41.5 Å². The number of rotatable bonds is 11. The molecular weight excluding hydrogens is 351 g/mol. The Kier molecular flexibility index (Phi) is 10.7. The van der Waals surface area contributed by atoms with Crippen LogP contribution in [-0.4, -0.2) is 13.0 Å². The fraction of sp³-hybridized carbons (Fsp3) is 0.545. The molecule has 0 atom stereocenters. The molecule has 0 unspecified atom stereocenters. The maximum atomic E-state index is 12.1. The van der Waals surface area contributed by atoms with Crippen molar-refractivity contribution < 1.29 is 31.8 Å². The summed E-state index contributed by atoms with van der Waals surface area (Å²) in [5.74, 6) is 0. The molecule has 5 heteroatoms. The molecule has 0 aliphatic carbocycles. The third kappa shape index (κ3) is 6.95. The van der Waals surface area contributed by atoms with E-state index in [9.17, 15) is 13.0 Å². The zero-order valence-electron chi connectivity index (χ0n) is 17.1. The first-order valence-corrected chi connectivity index (χ1v) is 11.4. The molecule has 0 radical (unpaired) electrons. The Hall–Kier alpha value is -0.793. The summed E-state index contributed by atoms with van der Waals surface area (Å²) in [6.07, 6.45) is 10.3. The number of aryl methyl sites for hydroxylation is 1. The first-order chi connectivity index (χ1) is 12.5. The third-order valence-electron chi connectivity index (χ3n) is 5.03. The molecule has 0 amide bonds. The van der Waals surface area contributed by atoms with Gasteiger partial charge < -0.3 is 4.55 Å². The SMILES string of the molecule is CCCCCCc1cc2ccccc2c(S(=O)(=O)[O-])c1CCCCCC.[Li+]. The third-order valence-corrected chi connectivity index (χ3v) is 5.99. The van der Waals surface area contributed by atoms with Crippen LogP contribution < -0.4 is 18.9 Å². The van der Waals surface area contributed by atoms with Crippen molar-refractivity contribution in [2.75, 3.05) is 0 Å². The van der Waals surface area contributed by atoms with E-state index >= 15 is 0 Å². The monoisotopic (exact) mass is 382 g/mol. The summed E-state index contributed by atoms with van der Waals surface area (Å²) in [5, 5.41) is 1.43. The van der Waals surface area contributed by atoms with E-state index in [2.05, 4.69) is 19.9 Å². The van der Waals surface area contributed by atoms with Crippen LogP contribution in [0.15, 0.2) is 35.2 Å². The molecule has 2 aromatic rings. The molecule has 0 N–H and O–H groups in total. The number of unbranched alkanes of at least 4 members (excludes halogenated alkanes) is 6. The number of benzene rings is 2. The Labute approximate surface area is 176 Å². The number of hydrogen-bond donors (Lipinski definition) is 0. The van der Waals surface area contributed by atoms with Crippen molar-refractivity contribution in [3.63, 3.8) is 0 Å². The van der Waals surface area contributed by atoms with Crippen molar-refractivity contribution in [2.24, 2.45) is 0 Å². The minimum atomic E-state index is -4.51. The summed E-state index contributed by atoms with van der Waals surface area (Å²) in [6, 6.07) is 9.46. The zero-order chi connectivity index (χ0) is 19.0. The van der Waals surface area contributed by atoms with Gasteiger partial charge in [-0.2, -0.15) is 0 Å². The second kappa shape index (κ2) is 11.9. The summed E-state index contributed by atoms with van der Waals surface area (Å²) in [7, 11) is -4.51. The Morgan fingerprint density at radius 1 is 0.852 bits per heavy atom. The fourth-order valence-corrected chi connectivity index (χ4v) is 4.66. The normalized spacial score (nSPS) is 11.5. The van der Waals surface area contributed by atoms with Crippen LogP contribution >= 0.6 is 0 Å². The Bertz CT molecular complexity index is 816. The summed E-state index contributed by atoms with van der Waals surface area (Å²) >= 11 is 0. The van der Waals surface area contributed by atoms with Crippen LogP contribution in [0.5, 0.6) is 0 Å². The van der Waals surface area contributed by atoms with Crippen LogP contribution in [0.4, 0.5) is 0 Å². The van der Waals surface area contributed by atoms with Gasteiger partial charge in [-0.25, -0.2) is 8.42 Å². The second-order valence-electron chi connectivity index (χ2n) is 7.14. The largest absolute Gasteiger partial charge is 1.00 e. The van der Waals surface area contributed by atoms with E-state index in [1.54, 1.807) is 12.1 Å². The number of fused-ring (bicyclic) bond motifs is 1. The maximum absolute atomic E-state index is 12.1. The molecule has 0 saturated carbocycles. The van der Waals surface area contributed by atoms with Crippen LogP contribution in [0.2, 0.25) is 0 Å². The zero-order valence-corrected chi connectivity index (χ0v) is 17.9. The van der Waals surface area contributed by atoms with Gasteiger partial charge >= 0.3 is 18.9 Å². The molecule has 2 rings (SSSR count). The van der Waals surface area contributed by atoms with Crippen molar-refractivity contribution >= 4 is 20.9 Å². The molecule has 0 aliphatic rings. The fourth-order valence-electron chi connectivity index (χ4n) is 3.67. The molecule has 0 aliphatic heterocycles. The van der Waals surface area contributed by atoms with Crippen LogP contribution in [0.25, 0.3) is 10.8 Å². The molecular formula is C22H31LiO3S. The molecule has 0 fully saturated rings.